The van der Waals surface area contributed by atoms with Gasteiger partial charge in [-0.05, 0) is 52.9 Å². The number of hydrogen-bond donors (Lipinski definition) is 8. The molecule has 17 heteroatoms. The van der Waals surface area contributed by atoms with E-state index in [-0.39, 0.29) is 24.7 Å². The van der Waals surface area contributed by atoms with Gasteiger partial charge in [0.2, 0.25) is 35.4 Å². The molecule has 332 valence electrons. The molecule has 0 aliphatic carbocycles. The number of carboxylic acid groups (broad SMARTS) is 2. The average molecular weight is 825 g/mol. The molecule has 0 aromatic rings. The van der Waals surface area contributed by atoms with E-state index in [0.29, 0.717) is 12.8 Å². The molecule has 0 aromatic heterocycles. The molecule has 0 aromatic carbocycles. The standard InChI is InChI=1S/C41H72N6O11/c1-8-9-10-11-12-13-14-15-16-17-18-19-20-21-33(49)47-36(26(2)3)41(58)44-28(5)38(55)42-27(4)37(54)43-29(6)39(56)46-32(23-25-35(52)53)40(57)45-31(30(7)48)22-24-34(50)51/h26-29,31-32,36H,8-25H2,1-7H3,(H,42,55)(H,43,54)(H,44,58)(H,45,57)(H,46,56)(H,47,49)(H,50,51)(H,52,53)/t27-,28-,29-,31-,32-,36-/m0/s1. The molecular formula is C41H72N6O11. The smallest absolute Gasteiger partial charge is 0.303 e. The second-order valence-corrected chi connectivity index (χ2v) is 15.6. The lowest BCUT2D eigenvalue weighted by Gasteiger charge is -2.25. The highest BCUT2D eigenvalue weighted by Gasteiger charge is 2.30. The molecule has 0 saturated carbocycles. The molecule has 0 bridgehead atoms. The van der Waals surface area contributed by atoms with E-state index in [1.165, 1.54) is 78.6 Å². The Bertz CT molecular complexity index is 1340. The minimum atomic E-state index is -1.44. The van der Waals surface area contributed by atoms with Gasteiger partial charge < -0.3 is 42.1 Å². The van der Waals surface area contributed by atoms with Crippen LogP contribution in [0.2, 0.25) is 0 Å². The predicted molar refractivity (Wildman–Crippen MR) is 218 cm³/mol. The number of carbonyl (C=O) groups is 9. The fourth-order valence-corrected chi connectivity index (χ4v) is 6.01. The Balaban J connectivity index is 4.91. The van der Waals surface area contributed by atoms with Gasteiger partial charge in [-0.2, -0.15) is 0 Å². The molecule has 0 saturated heterocycles. The van der Waals surface area contributed by atoms with Crippen molar-refractivity contribution in [3.8, 4) is 0 Å². The van der Waals surface area contributed by atoms with Crippen molar-refractivity contribution >= 4 is 53.2 Å². The summed E-state index contributed by atoms with van der Waals surface area (Å²) in [6.07, 6.45) is 14.2. The van der Waals surface area contributed by atoms with Crippen LogP contribution >= 0.6 is 0 Å². The van der Waals surface area contributed by atoms with Crippen LogP contribution in [0.4, 0.5) is 0 Å². The van der Waals surface area contributed by atoms with E-state index >= 15 is 0 Å². The molecule has 0 fully saturated rings. The Morgan fingerprint density at radius 3 is 1.19 bits per heavy atom. The molecule has 0 aliphatic rings. The highest BCUT2D eigenvalue weighted by atomic mass is 16.4. The fraction of sp³-hybridized carbons (Fsp3) is 0.780. The molecule has 0 heterocycles. The first kappa shape index (κ1) is 53.4. The molecule has 17 nitrogen and oxygen atoms in total. The summed E-state index contributed by atoms with van der Waals surface area (Å²) in [6.45, 7) is 11.0. The Kier molecular flexibility index (Phi) is 28.1. The lowest BCUT2D eigenvalue weighted by molar-refractivity contribution is -0.139. The minimum Gasteiger partial charge on any atom is -0.481 e. The number of aliphatic carboxylic acids is 2. The number of Topliss-reactive ketones (excluding diaryl/α,β-unsaturated/α-hetero) is 1. The van der Waals surface area contributed by atoms with Gasteiger partial charge in [0.1, 0.15) is 30.2 Å². The second-order valence-electron chi connectivity index (χ2n) is 15.6. The van der Waals surface area contributed by atoms with Crippen LogP contribution in [0.5, 0.6) is 0 Å². The maximum Gasteiger partial charge on any atom is 0.303 e. The van der Waals surface area contributed by atoms with Crippen molar-refractivity contribution in [1.29, 1.82) is 0 Å². The zero-order valence-electron chi connectivity index (χ0n) is 35.8. The van der Waals surface area contributed by atoms with Gasteiger partial charge in [-0.15, -0.1) is 0 Å². The van der Waals surface area contributed by atoms with Gasteiger partial charge in [-0.25, -0.2) is 0 Å². The van der Waals surface area contributed by atoms with E-state index in [0.717, 1.165) is 26.2 Å². The number of unbranched alkanes of at least 4 members (excludes halogenated alkanes) is 12. The quantitative estimate of drug-likeness (QED) is 0.0445. The van der Waals surface area contributed by atoms with Gasteiger partial charge in [-0.1, -0.05) is 97.8 Å². The summed E-state index contributed by atoms with van der Waals surface area (Å²) in [5.41, 5.74) is 0. The van der Waals surface area contributed by atoms with Crippen LogP contribution in [0.25, 0.3) is 0 Å². The zero-order valence-corrected chi connectivity index (χ0v) is 35.8. The van der Waals surface area contributed by atoms with Crippen molar-refractivity contribution in [3.05, 3.63) is 0 Å². The number of nitrogens with one attached hydrogen (secondary N) is 6. The van der Waals surface area contributed by atoms with Gasteiger partial charge in [0.15, 0.2) is 5.78 Å². The van der Waals surface area contributed by atoms with Gasteiger partial charge >= 0.3 is 11.9 Å². The molecule has 0 radical (unpaired) electrons. The van der Waals surface area contributed by atoms with E-state index in [4.69, 9.17) is 10.2 Å². The largest absolute Gasteiger partial charge is 0.481 e. The summed E-state index contributed by atoms with van der Waals surface area (Å²) in [7, 11) is 0. The van der Waals surface area contributed by atoms with Crippen molar-refractivity contribution in [3.63, 3.8) is 0 Å². The van der Waals surface area contributed by atoms with Crippen LogP contribution in [0.1, 0.15) is 164 Å². The van der Waals surface area contributed by atoms with E-state index in [9.17, 15) is 43.2 Å². The van der Waals surface area contributed by atoms with Gasteiger partial charge in [0.25, 0.3) is 0 Å². The van der Waals surface area contributed by atoms with Gasteiger partial charge in [0, 0.05) is 19.3 Å². The minimum absolute atomic E-state index is 0.219. The lowest BCUT2D eigenvalue weighted by Crippen LogP contribution is -2.58. The summed E-state index contributed by atoms with van der Waals surface area (Å²) < 4.78 is 0. The topological polar surface area (TPSA) is 266 Å². The van der Waals surface area contributed by atoms with Crippen LogP contribution in [-0.4, -0.2) is 99.6 Å². The first-order valence-electron chi connectivity index (χ1n) is 21.1. The number of carboxylic acids is 2. The number of hydrogen-bond acceptors (Lipinski definition) is 9. The summed E-state index contributed by atoms with van der Waals surface area (Å²) >= 11 is 0. The molecule has 0 aliphatic heterocycles. The average Bonchev–Trinajstić information content (AvgIpc) is 3.14. The maximum atomic E-state index is 13.1. The Morgan fingerprint density at radius 1 is 0.431 bits per heavy atom. The van der Waals surface area contributed by atoms with Crippen LogP contribution in [0.15, 0.2) is 0 Å². The summed E-state index contributed by atoms with van der Waals surface area (Å²) in [4.78, 5) is 112. The van der Waals surface area contributed by atoms with Crippen molar-refractivity contribution in [2.24, 2.45) is 5.92 Å². The molecule has 0 rings (SSSR count). The maximum absolute atomic E-state index is 13.1. The number of rotatable bonds is 33. The number of amides is 6. The van der Waals surface area contributed by atoms with Crippen LogP contribution in [0.3, 0.4) is 0 Å². The molecule has 6 amide bonds. The number of ketones is 1. The van der Waals surface area contributed by atoms with Crippen molar-refractivity contribution in [1.82, 2.24) is 31.9 Å². The highest BCUT2D eigenvalue weighted by molar-refractivity contribution is 5.96. The zero-order chi connectivity index (χ0) is 44.2. The first-order valence-corrected chi connectivity index (χ1v) is 21.1. The molecule has 58 heavy (non-hydrogen) atoms. The third-order valence-electron chi connectivity index (χ3n) is 9.76. The number of carbonyl (C=O) groups excluding carboxylic acids is 7. The Hall–Kier alpha value is -4.57. The lowest BCUT2D eigenvalue weighted by atomic mass is 10.0. The monoisotopic (exact) mass is 825 g/mol. The highest BCUT2D eigenvalue weighted by Crippen LogP contribution is 2.13. The molecular weight excluding hydrogens is 752 g/mol. The van der Waals surface area contributed by atoms with Crippen molar-refractivity contribution in [2.45, 2.75) is 200 Å². The van der Waals surface area contributed by atoms with E-state index in [1.54, 1.807) is 13.8 Å². The summed E-state index contributed by atoms with van der Waals surface area (Å²) in [5, 5.41) is 33.0. The first-order chi connectivity index (χ1) is 27.3. The van der Waals surface area contributed by atoms with Crippen LogP contribution in [0, 0.1) is 5.92 Å². The SMILES string of the molecule is CCCCCCCCCCCCCCCC(=O)N[C@H](C(=O)N[C@@H](C)C(=O)N[C@@H](C)C(=O)N[C@@H](C)C(=O)N[C@@H](CCC(=O)O)C(=O)N[C@@H](CCC(=O)O)C(C)=O)C(C)C. The predicted octanol–water partition coefficient (Wildman–Crippen LogP) is 3.41. The third kappa shape index (κ3) is 24.9. The van der Waals surface area contributed by atoms with Gasteiger partial charge in [-0.3, -0.25) is 43.2 Å². The Labute approximate surface area is 344 Å². The summed E-state index contributed by atoms with van der Waals surface area (Å²) in [5.74, 6) is -7.35. The fourth-order valence-electron chi connectivity index (χ4n) is 6.01. The Morgan fingerprint density at radius 2 is 0.793 bits per heavy atom. The molecule has 6 atom stereocenters. The van der Waals surface area contributed by atoms with Crippen molar-refractivity contribution in [2.75, 3.05) is 0 Å². The second kappa shape index (κ2) is 30.5. The summed E-state index contributed by atoms with van der Waals surface area (Å²) in [6, 6.07) is -7.05. The van der Waals surface area contributed by atoms with E-state index < -0.39 is 96.4 Å². The van der Waals surface area contributed by atoms with E-state index in [2.05, 4.69) is 38.8 Å². The molecule has 0 spiro atoms. The van der Waals surface area contributed by atoms with Gasteiger partial charge in [0.05, 0.1) is 6.04 Å². The van der Waals surface area contributed by atoms with E-state index in [1.807, 2.05) is 0 Å². The molecule has 8 N–H and O–H groups in total. The molecule has 0 unspecified atom stereocenters. The van der Waals surface area contributed by atoms with Crippen LogP contribution < -0.4 is 31.9 Å². The van der Waals surface area contributed by atoms with Crippen LogP contribution in [-0.2, 0) is 43.2 Å². The van der Waals surface area contributed by atoms with Crippen molar-refractivity contribution < 1.29 is 53.4 Å². The normalized spacial score (nSPS) is 14.1. The third-order valence-corrected chi connectivity index (χ3v) is 9.76.